The fourth-order valence-electron chi connectivity index (χ4n) is 3.82. The first kappa shape index (κ1) is 25.3. The van der Waals surface area contributed by atoms with Gasteiger partial charge in [0.25, 0.3) is 5.91 Å². The first-order chi connectivity index (χ1) is 18.2. The fraction of sp³-hybridized carbons (Fsp3) is 0.208. The van der Waals surface area contributed by atoms with Crippen molar-refractivity contribution in [2.75, 3.05) is 12.4 Å². The lowest BCUT2D eigenvalue weighted by atomic mass is 10.1. The van der Waals surface area contributed by atoms with Crippen LogP contribution in [-0.2, 0) is 19.3 Å². The second-order valence-electron chi connectivity index (χ2n) is 8.24. The SMILES string of the molecule is CCn1cc(Cn2cc(NC(=O)c3nn4c(C(F)(F)F)cc(-c5cccc(OC)c5)nc4c3Cl)cn2)cn1. The van der Waals surface area contributed by atoms with E-state index in [0.29, 0.717) is 28.1 Å². The molecule has 38 heavy (non-hydrogen) atoms. The predicted octanol–water partition coefficient (Wildman–Crippen LogP) is 4.79. The number of anilines is 1. The van der Waals surface area contributed by atoms with E-state index in [1.54, 1.807) is 46.0 Å². The first-order valence-electron chi connectivity index (χ1n) is 11.3. The average molecular weight is 545 g/mol. The number of ether oxygens (including phenoxy) is 1. The van der Waals surface area contributed by atoms with E-state index in [1.165, 1.54) is 13.3 Å². The summed E-state index contributed by atoms with van der Waals surface area (Å²) < 4.78 is 51.0. The zero-order valence-corrected chi connectivity index (χ0v) is 20.8. The quantitative estimate of drug-likeness (QED) is 0.316. The molecule has 0 unspecified atom stereocenters. The number of rotatable bonds is 7. The minimum absolute atomic E-state index is 0.00912. The summed E-state index contributed by atoms with van der Waals surface area (Å²) >= 11 is 6.36. The van der Waals surface area contributed by atoms with Crippen LogP contribution in [0, 0.1) is 0 Å². The van der Waals surface area contributed by atoms with Gasteiger partial charge in [-0.25, -0.2) is 9.50 Å². The summed E-state index contributed by atoms with van der Waals surface area (Å²) in [6.07, 6.45) is 1.77. The number of hydrogen-bond donors (Lipinski definition) is 1. The van der Waals surface area contributed by atoms with Crippen molar-refractivity contribution in [3.63, 3.8) is 0 Å². The van der Waals surface area contributed by atoms with E-state index < -0.39 is 23.5 Å². The normalized spacial score (nSPS) is 11.7. The zero-order chi connectivity index (χ0) is 27.0. The number of methoxy groups -OCH3 is 1. The van der Waals surface area contributed by atoms with Crippen molar-refractivity contribution in [2.45, 2.75) is 26.2 Å². The molecule has 0 fully saturated rings. The van der Waals surface area contributed by atoms with Gasteiger partial charge >= 0.3 is 6.18 Å². The average Bonchev–Trinajstić information content (AvgIpc) is 3.62. The Hall–Kier alpha value is -4.39. The minimum atomic E-state index is -4.80. The lowest BCUT2D eigenvalue weighted by Crippen LogP contribution is -2.15. The Morgan fingerprint density at radius 2 is 1.92 bits per heavy atom. The smallest absolute Gasteiger partial charge is 0.433 e. The molecule has 0 spiro atoms. The first-order valence-corrected chi connectivity index (χ1v) is 11.7. The van der Waals surface area contributed by atoms with Crippen LogP contribution in [0.3, 0.4) is 0 Å². The van der Waals surface area contributed by atoms with Crippen molar-refractivity contribution in [1.29, 1.82) is 0 Å². The largest absolute Gasteiger partial charge is 0.497 e. The Bertz CT molecular complexity index is 1640. The molecule has 0 bridgehead atoms. The van der Waals surface area contributed by atoms with Crippen LogP contribution in [0.4, 0.5) is 18.9 Å². The molecule has 14 heteroatoms. The van der Waals surface area contributed by atoms with Crippen molar-refractivity contribution in [3.05, 3.63) is 77.1 Å². The number of alkyl halides is 3. The Balaban J connectivity index is 1.46. The molecule has 0 radical (unpaired) electrons. The topological polar surface area (TPSA) is 104 Å². The molecule has 5 aromatic rings. The molecule has 0 aliphatic carbocycles. The van der Waals surface area contributed by atoms with Gasteiger partial charge in [-0.2, -0.15) is 28.5 Å². The van der Waals surface area contributed by atoms with Crippen molar-refractivity contribution < 1.29 is 22.7 Å². The van der Waals surface area contributed by atoms with E-state index in [1.807, 2.05) is 13.1 Å². The number of aryl methyl sites for hydroxylation is 1. The zero-order valence-electron chi connectivity index (χ0n) is 20.1. The lowest BCUT2D eigenvalue weighted by molar-refractivity contribution is -0.142. The number of amides is 1. The number of aromatic nitrogens is 7. The highest BCUT2D eigenvalue weighted by molar-refractivity contribution is 6.37. The van der Waals surface area contributed by atoms with Crippen LogP contribution in [0.15, 0.2) is 55.1 Å². The molecule has 0 saturated heterocycles. The third-order valence-corrected chi connectivity index (χ3v) is 6.00. The molecule has 0 atom stereocenters. The van der Waals surface area contributed by atoms with Crippen LogP contribution in [0.25, 0.3) is 16.9 Å². The molecule has 5 rings (SSSR count). The third kappa shape index (κ3) is 4.92. The van der Waals surface area contributed by atoms with E-state index in [-0.39, 0.29) is 16.4 Å². The molecule has 10 nitrogen and oxygen atoms in total. The van der Waals surface area contributed by atoms with Crippen LogP contribution in [0.1, 0.15) is 28.7 Å². The summed E-state index contributed by atoms with van der Waals surface area (Å²) in [6.45, 7) is 3.11. The summed E-state index contributed by atoms with van der Waals surface area (Å²) in [5, 5.41) is 14.5. The minimum Gasteiger partial charge on any atom is -0.497 e. The number of carbonyl (C=O) groups is 1. The van der Waals surface area contributed by atoms with Gasteiger partial charge in [0, 0.05) is 30.1 Å². The van der Waals surface area contributed by atoms with Gasteiger partial charge in [0.2, 0.25) is 0 Å². The highest BCUT2D eigenvalue weighted by atomic mass is 35.5. The van der Waals surface area contributed by atoms with Crippen molar-refractivity contribution in [3.8, 4) is 17.0 Å². The molecule has 0 saturated carbocycles. The van der Waals surface area contributed by atoms with Gasteiger partial charge in [-0.1, -0.05) is 23.7 Å². The third-order valence-electron chi connectivity index (χ3n) is 5.65. The van der Waals surface area contributed by atoms with E-state index in [4.69, 9.17) is 16.3 Å². The van der Waals surface area contributed by atoms with E-state index >= 15 is 0 Å². The molecular formula is C24H20ClF3N8O2. The van der Waals surface area contributed by atoms with Gasteiger partial charge in [0.1, 0.15) is 10.8 Å². The Morgan fingerprint density at radius 3 is 2.63 bits per heavy atom. The summed E-state index contributed by atoms with van der Waals surface area (Å²) in [6, 6.07) is 7.25. The molecule has 4 heterocycles. The molecule has 1 aromatic carbocycles. The van der Waals surface area contributed by atoms with Gasteiger partial charge in [0.15, 0.2) is 17.0 Å². The maximum atomic E-state index is 14.0. The van der Waals surface area contributed by atoms with E-state index in [9.17, 15) is 18.0 Å². The summed E-state index contributed by atoms with van der Waals surface area (Å²) in [5.74, 6) is -0.368. The molecule has 0 aliphatic heterocycles. The molecule has 4 aromatic heterocycles. The van der Waals surface area contributed by atoms with E-state index in [2.05, 4.69) is 25.6 Å². The Kier molecular flexibility index (Phi) is 6.53. The standard InChI is InChI=1S/C24H20ClF3N8O2/c1-3-34-11-14(9-29-34)12-35-13-16(10-30-35)31-23(37)21-20(25)22-32-18(15-5-4-6-17(7-15)38-2)8-19(24(26,27)28)36(22)33-21/h4-11,13H,3,12H2,1-2H3,(H,31,37). The van der Waals surface area contributed by atoms with Gasteiger partial charge in [-0.05, 0) is 25.1 Å². The number of nitrogens with one attached hydrogen (secondary N) is 1. The molecular weight excluding hydrogens is 525 g/mol. The monoisotopic (exact) mass is 544 g/mol. The maximum absolute atomic E-state index is 14.0. The summed E-state index contributed by atoms with van der Waals surface area (Å²) in [7, 11) is 1.44. The second kappa shape index (κ2) is 9.82. The van der Waals surface area contributed by atoms with Crippen LogP contribution in [0.5, 0.6) is 5.75 Å². The van der Waals surface area contributed by atoms with Crippen LogP contribution in [0.2, 0.25) is 5.02 Å². The predicted molar refractivity (Wildman–Crippen MR) is 132 cm³/mol. The number of fused-ring (bicyclic) bond motifs is 1. The highest BCUT2D eigenvalue weighted by Crippen LogP contribution is 2.35. The van der Waals surface area contributed by atoms with Crippen LogP contribution >= 0.6 is 11.6 Å². The molecule has 196 valence electrons. The van der Waals surface area contributed by atoms with Crippen molar-refractivity contribution >= 4 is 28.8 Å². The molecule has 0 aliphatic rings. The summed E-state index contributed by atoms with van der Waals surface area (Å²) in [5.41, 5.74) is -0.275. The number of halogens is 4. The summed E-state index contributed by atoms with van der Waals surface area (Å²) in [4.78, 5) is 17.2. The second-order valence-corrected chi connectivity index (χ2v) is 8.62. The van der Waals surface area contributed by atoms with Gasteiger partial charge in [-0.3, -0.25) is 14.2 Å². The van der Waals surface area contributed by atoms with Crippen LogP contribution in [-0.4, -0.2) is 47.2 Å². The number of carbonyl (C=O) groups excluding carboxylic acids is 1. The number of hydrogen-bond acceptors (Lipinski definition) is 6. The lowest BCUT2D eigenvalue weighted by Gasteiger charge is -2.11. The number of benzene rings is 1. The number of nitrogens with zero attached hydrogens (tertiary/aromatic N) is 7. The van der Waals surface area contributed by atoms with Crippen molar-refractivity contribution in [2.24, 2.45) is 0 Å². The molecule has 1 amide bonds. The van der Waals surface area contributed by atoms with E-state index in [0.717, 1.165) is 18.2 Å². The van der Waals surface area contributed by atoms with Gasteiger partial charge in [0.05, 0.1) is 37.4 Å². The highest BCUT2D eigenvalue weighted by Gasteiger charge is 2.36. The molecule has 1 N–H and O–H groups in total. The van der Waals surface area contributed by atoms with Gasteiger partial charge in [-0.15, -0.1) is 0 Å². The Labute approximate surface area is 218 Å². The maximum Gasteiger partial charge on any atom is 0.433 e. The Morgan fingerprint density at radius 1 is 1.13 bits per heavy atom. The van der Waals surface area contributed by atoms with Gasteiger partial charge < -0.3 is 10.1 Å². The fourth-order valence-corrected chi connectivity index (χ4v) is 4.07. The van der Waals surface area contributed by atoms with Crippen LogP contribution < -0.4 is 10.1 Å². The van der Waals surface area contributed by atoms with Crippen molar-refractivity contribution in [1.82, 2.24) is 34.2 Å².